The van der Waals surface area contributed by atoms with Crippen molar-refractivity contribution in [3.05, 3.63) is 89.7 Å². The van der Waals surface area contributed by atoms with E-state index in [0.717, 1.165) is 0 Å². The van der Waals surface area contributed by atoms with Crippen molar-refractivity contribution in [1.29, 1.82) is 0 Å². The first-order chi connectivity index (χ1) is 12.2. The van der Waals surface area contributed by atoms with Gasteiger partial charge in [0, 0.05) is 11.9 Å². The molecule has 1 aliphatic rings. The van der Waals surface area contributed by atoms with Gasteiger partial charge in [-0.1, -0.05) is 30.3 Å². The largest absolute Gasteiger partial charge is 0.496 e. The highest BCUT2D eigenvalue weighted by Crippen LogP contribution is 2.47. The number of fused-ring (bicyclic) bond motifs is 1. The van der Waals surface area contributed by atoms with Crippen molar-refractivity contribution in [1.82, 2.24) is 4.98 Å². The number of amides is 1. The molecule has 1 aromatic heterocycles. The van der Waals surface area contributed by atoms with Gasteiger partial charge in [0.05, 0.1) is 23.9 Å². The molecule has 124 valence electrons. The van der Waals surface area contributed by atoms with E-state index in [1.165, 1.54) is 12.0 Å². The maximum Gasteiger partial charge on any atom is 0.261 e. The number of aliphatic hydroxyl groups is 1. The maximum atomic E-state index is 13.1. The Balaban J connectivity index is 2.05. The number of rotatable bonds is 3. The minimum atomic E-state index is -1.75. The number of benzene rings is 2. The third-order valence-electron chi connectivity index (χ3n) is 4.39. The highest BCUT2D eigenvalue weighted by atomic mass is 16.5. The van der Waals surface area contributed by atoms with Crippen LogP contribution in [0.2, 0.25) is 0 Å². The van der Waals surface area contributed by atoms with E-state index in [1.54, 1.807) is 54.7 Å². The van der Waals surface area contributed by atoms with Gasteiger partial charge in [-0.2, -0.15) is 0 Å². The van der Waals surface area contributed by atoms with Crippen LogP contribution in [-0.2, 0) is 5.72 Å². The molecule has 2 aromatic carbocycles. The summed E-state index contributed by atoms with van der Waals surface area (Å²) in [7, 11) is 1.52. The molecule has 25 heavy (non-hydrogen) atoms. The Bertz CT molecular complexity index is 928. The van der Waals surface area contributed by atoms with Crippen LogP contribution in [0.25, 0.3) is 0 Å². The number of pyridine rings is 1. The van der Waals surface area contributed by atoms with E-state index < -0.39 is 5.72 Å². The lowest BCUT2D eigenvalue weighted by Gasteiger charge is -2.34. The van der Waals surface area contributed by atoms with E-state index in [1.807, 2.05) is 18.2 Å². The number of para-hydroxylation sites is 1. The fourth-order valence-electron chi connectivity index (χ4n) is 3.31. The Hall–Kier alpha value is -3.18. The van der Waals surface area contributed by atoms with Crippen molar-refractivity contribution in [3.63, 3.8) is 0 Å². The van der Waals surface area contributed by atoms with Gasteiger partial charge in [0.1, 0.15) is 5.75 Å². The lowest BCUT2D eigenvalue weighted by Crippen LogP contribution is -2.45. The Morgan fingerprint density at radius 1 is 1.00 bits per heavy atom. The molecule has 0 spiro atoms. The molecule has 0 fully saturated rings. The van der Waals surface area contributed by atoms with Crippen LogP contribution < -0.4 is 9.64 Å². The molecule has 0 bridgehead atoms. The van der Waals surface area contributed by atoms with Crippen LogP contribution in [0.4, 0.5) is 5.69 Å². The van der Waals surface area contributed by atoms with Crippen LogP contribution in [0.5, 0.6) is 5.75 Å². The lowest BCUT2D eigenvalue weighted by molar-refractivity contribution is 0.0664. The third kappa shape index (κ3) is 2.13. The van der Waals surface area contributed by atoms with E-state index in [2.05, 4.69) is 4.98 Å². The van der Waals surface area contributed by atoms with Crippen molar-refractivity contribution >= 4 is 11.6 Å². The average molecular weight is 332 g/mol. The van der Waals surface area contributed by atoms with Crippen LogP contribution in [0.1, 0.15) is 21.6 Å². The fraction of sp³-hybridized carbons (Fsp3) is 0.100. The number of ether oxygens (including phenoxy) is 1. The normalized spacial score (nSPS) is 19.0. The molecule has 2 heterocycles. The second-order valence-corrected chi connectivity index (χ2v) is 5.75. The zero-order valence-corrected chi connectivity index (χ0v) is 13.6. The summed E-state index contributed by atoms with van der Waals surface area (Å²) in [5.74, 6) is 0.144. The number of carbonyl (C=O) groups is 1. The van der Waals surface area contributed by atoms with Crippen molar-refractivity contribution in [3.8, 4) is 5.75 Å². The molecule has 0 saturated heterocycles. The van der Waals surface area contributed by atoms with Gasteiger partial charge in [-0.15, -0.1) is 0 Å². The highest BCUT2D eigenvalue weighted by molar-refractivity contribution is 6.13. The number of methoxy groups -OCH3 is 1. The van der Waals surface area contributed by atoms with Crippen molar-refractivity contribution < 1.29 is 14.6 Å². The third-order valence-corrected chi connectivity index (χ3v) is 4.39. The molecule has 1 N–H and O–H groups in total. The molecular weight excluding hydrogens is 316 g/mol. The summed E-state index contributed by atoms with van der Waals surface area (Å²) in [6, 6.07) is 19.5. The van der Waals surface area contributed by atoms with E-state index in [9.17, 15) is 9.90 Å². The van der Waals surface area contributed by atoms with E-state index in [-0.39, 0.29) is 5.91 Å². The van der Waals surface area contributed by atoms with Gasteiger partial charge in [0.25, 0.3) is 5.91 Å². The Morgan fingerprint density at radius 2 is 1.76 bits per heavy atom. The summed E-state index contributed by atoms with van der Waals surface area (Å²) in [6.07, 6.45) is 1.59. The summed E-state index contributed by atoms with van der Waals surface area (Å²) >= 11 is 0. The first-order valence-electron chi connectivity index (χ1n) is 7.89. The predicted molar refractivity (Wildman–Crippen MR) is 93.5 cm³/mol. The number of hydrogen-bond donors (Lipinski definition) is 1. The van der Waals surface area contributed by atoms with Crippen molar-refractivity contribution in [2.45, 2.75) is 5.72 Å². The molecule has 4 rings (SSSR count). The van der Waals surface area contributed by atoms with Gasteiger partial charge in [0.2, 0.25) is 5.72 Å². The molecule has 1 amide bonds. The molecule has 5 heteroatoms. The molecular formula is C20H16N2O3. The summed E-state index contributed by atoms with van der Waals surface area (Å²) < 4.78 is 5.44. The number of hydrogen-bond acceptors (Lipinski definition) is 4. The molecule has 0 aliphatic carbocycles. The van der Waals surface area contributed by atoms with Gasteiger partial charge in [-0.05, 0) is 36.4 Å². The van der Waals surface area contributed by atoms with Gasteiger partial charge >= 0.3 is 0 Å². The summed E-state index contributed by atoms with van der Waals surface area (Å²) in [5.41, 5.74) is -0.00230. The molecule has 3 aromatic rings. The molecule has 5 nitrogen and oxygen atoms in total. The smallest absolute Gasteiger partial charge is 0.261 e. The minimum absolute atomic E-state index is 0.298. The fourth-order valence-corrected chi connectivity index (χ4v) is 3.31. The zero-order valence-electron chi connectivity index (χ0n) is 13.6. The van der Waals surface area contributed by atoms with E-state index in [0.29, 0.717) is 28.3 Å². The summed E-state index contributed by atoms with van der Waals surface area (Å²) in [6.45, 7) is 0. The summed E-state index contributed by atoms with van der Waals surface area (Å²) in [5, 5.41) is 11.8. The number of aromatic nitrogens is 1. The molecule has 1 aliphatic heterocycles. The number of nitrogens with zero attached hydrogens (tertiary/aromatic N) is 2. The Labute approximate surface area is 145 Å². The van der Waals surface area contributed by atoms with Crippen molar-refractivity contribution in [2.24, 2.45) is 0 Å². The average Bonchev–Trinajstić information content (AvgIpc) is 2.92. The van der Waals surface area contributed by atoms with Crippen LogP contribution in [-0.4, -0.2) is 23.1 Å². The number of carbonyl (C=O) groups excluding carboxylic acids is 1. The number of anilines is 1. The Kier molecular flexibility index (Phi) is 3.51. The summed E-state index contributed by atoms with van der Waals surface area (Å²) in [4.78, 5) is 18.8. The second-order valence-electron chi connectivity index (χ2n) is 5.75. The maximum absolute atomic E-state index is 13.1. The molecule has 0 saturated carbocycles. The first kappa shape index (κ1) is 15.4. The van der Waals surface area contributed by atoms with Crippen molar-refractivity contribution in [2.75, 3.05) is 12.0 Å². The first-order valence-corrected chi connectivity index (χ1v) is 7.89. The van der Waals surface area contributed by atoms with Crippen LogP contribution in [0.15, 0.2) is 72.9 Å². The van der Waals surface area contributed by atoms with Gasteiger partial charge in [0.15, 0.2) is 0 Å². The SMILES string of the molecule is COc1cccc2c1C(O)(c1ccccn1)N(c1ccccc1)C2=O. The van der Waals surface area contributed by atoms with Crippen LogP contribution in [0, 0.1) is 0 Å². The van der Waals surface area contributed by atoms with Gasteiger partial charge < -0.3 is 9.84 Å². The second kappa shape index (κ2) is 5.72. The molecule has 0 radical (unpaired) electrons. The lowest BCUT2D eigenvalue weighted by atomic mass is 9.96. The topological polar surface area (TPSA) is 62.7 Å². The zero-order chi connectivity index (χ0) is 17.4. The molecule has 1 atom stereocenters. The van der Waals surface area contributed by atoms with Gasteiger partial charge in [-0.3, -0.25) is 14.7 Å². The monoisotopic (exact) mass is 332 g/mol. The quantitative estimate of drug-likeness (QED) is 0.801. The standard InChI is InChI=1S/C20H16N2O3/c1-25-16-11-7-10-15-18(16)20(24,17-12-5-6-13-21-17)22(19(15)23)14-8-3-2-4-9-14/h2-13,24H,1H3. The Morgan fingerprint density at radius 3 is 2.44 bits per heavy atom. The minimum Gasteiger partial charge on any atom is -0.496 e. The molecule has 1 unspecified atom stereocenters. The van der Waals surface area contributed by atoms with Crippen LogP contribution in [0.3, 0.4) is 0 Å². The highest BCUT2D eigenvalue weighted by Gasteiger charge is 2.53. The van der Waals surface area contributed by atoms with E-state index >= 15 is 0 Å². The predicted octanol–water partition coefficient (Wildman–Crippen LogP) is 2.94. The van der Waals surface area contributed by atoms with Crippen LogP contribution >= 0.6 is 0 Å². The van der Waals surface area contributed by atoms with Gasteiger partial charge in [-0.25, -0.2) is 0 Å². The van der Waals surface area contributed by atoms with E-state index in [4.69, 9.17) is 4.74 Å².